The smallest absolute Gasteiger partial charge is 0.345 e. The molecule has 0 bridgehead atoms. The molecule has 1 rings (SSSR count). The lowest BCUT2D eigenvalue weighted by atomic mass is 10.2. The van der Waals surface area contributed by atoms with Crippen molar-refractivity contribution in [3.8, 4) is 0 Å². The van der Waals surface area contributed by atoms with E-state index in [1.54, 1.807) is 0 Å². The molecular weight excluding hydrogens is 220 g/mol. The second-order valence-electron chi connectivity index (χ2n) is 2.80. The van der Waals surface area contributed by atoms with Gasteiger partial charge in [-0.1, -0.05) is 0 Å². The van der Waals surface area contributed by atoms with Crippen molar-refractivity contribution in [1.29, 1.82) is 0 Å². The number of hydrogen-bond acceptors (Lipinski definition) is 5. The SMILES string of the molecule is CS(=O)(=O)c1ccc(C(=O)OC=O)cc1. The van der Waals surface area contributed by atoms with Gasteiger partial charge in [0.15, 0.2) is 9.84 Å². The van der Waals surface area contributed by atoms with E-state index < -0.39 is 15.8 Å². The third-order valence-corrected chi connectivity index (χ3v) is 2.80. The number of hydrogen-bond donors (Lipinski definition) is 0. The summed E-state index contributed by atoms with van der Waals surface area (Å²) >= 11 is 0. The summed E-state index contributed by atoms with van der Waals surface area (Å²) in [5.74, 6) is -0.815. The minimum atomic E-state index is -3.28. The number of carbonyl (C=O) groups is 2. The highest BCUT2D eigenvalue weighted by Crippen LogP contribution is 2.10. The minimum Gasteiger partial charge on any atom is -0.392 e. The van der Waals surface area contributed by atoms with E-state index >= 15 is 0 Å². The fourth-order valence-electron chi connectivity index (χ4n) is 0.950. The molecule has 0 saturated carbocycles. The van der Waals surface area contributed by atoms with Crippen molar-refractivity contribution in [2.75, 3.05) is 6.26 Å². The molecule has 0 heterocycles. The Labute approximate surface area is 86.6 Å². The minimum absolute atomic E-state index is 0.0206. The fraction of sp³-hybridized carbons (Fsp3) is 0.111. The first-order valence-electron chi connectivity index (χ1n) is 3.90. The van der Waals surface area contributed by atoms with Crippen LogP contribution < -0.4 is 0 Å². The summed E-state index contributed by atoms with van der Waals surface area (Å²) in [6.07, 6.45) is 1.06. The van der Waals surface area contributed by atoms with Crippen LogP contribution in [0.1, 0.15) is 10.4 Å². The normalized spacial score (nSPS) is 10.7. The summed E-state index contributed by atoms with van der Waals surface area (Å²) in [6.45, 7) is 0.0206. The fourth-order valence-corrected chi connectivity index (χ4v) is 1.58. The van der Waals surface area contributed by atoms with Crippen LogP contribution in [0.5, 0.6) is 0 Å². The third-order valence-electron chi connectivity index (χ3n) is 1.67. The van der Waals surface area contributed by atoms with Crippen molar-refractivity contribution in [1.82, 2.24) is 0 Å². The molecule has 0 aliphatic carbocycles. The molecule has 0 aliphatic rings. The molecule has 0 aliphatic heterocycles. The lowest BCUT2D eigenvalue weighted by molar-refractivity contribution is -0.123. The monoisotopic (exact) mass is 228 g/mol. The van der Waals surface area contributed by atoms with E-state index in [-0.39, 0.29) is 16.9 Å². The second kappa shape index (κ2) is 4.22. The molecule has 0 saturated heterocycles. The number of carbonyl (C=O) groups excluding carboxylic acids is 2. The Morgan fingerprint density at radius 2 is 1.80 bits per heavy atom. The first-order valence-corrected chi connectivity index (χ1v) is 5.79. The van der Waals surface area contributed by atoms with Gasteiger partial charge in [0, 0.05) is 6.26 Å². The highest BCUT2D eigenvalue weighted by atomic mass is 32.2. The Bertz CT molecular complexity index is 472. The van der Waals surface area contributed by atoms with Crippen molar-refractivity contribution in [3.05, 3.63) is 29.8 Å². The van der Waals surface area contributed by atoms with Crippen molar-refractivity contribution in [2.45, 2.75) is 4.90 Å². The van der Waals surface area contributed by atoms with Gasteiger partial charge in [-0.3, -0.25) is 4.79 Å². The van der Waals surface area contributed by atoms with E-state index in [9.17, 15) is 18.0 Å². The van der Waals surface area contributed by atoms with Gasteiger partial charge in [0.05, 0.1) is 10.5 Å². The third kappa shape index (κ3) is 2.88. The molecule has 80 valence electrons. The second-order valence-corrected chi connectivity index (χ2v) is 4.81. The Hall–Kier alpha value is -1.69. The summed E-state index contributed by atoms with van der Waals surface area (Å²) in [5.41, 5.74) is 0.120. The standard InChI is InChI=1S/C9H8O5S/c1-15(12,13)8-4-2-7(3-5-8)9(11)14-6-10/h2-6H,1H3. The summed E-state index contributed by atoms with van der Waals surface area (Å²) < 4.78 is 26.2. The Morgan fingerprint density at radius 3 is 2.20 bits per heavy atom. The summed E-state index contributed by atoms with van der Waals surface area (Å²) in [5, 5.41) is 0. The van der Waals surface area contributed by atoms with Gasteiger partial charge < -0.3 is 4.74 Å². The summed E-state index contributed by atoms with van der Waals surface area (Å²) in [7, 11) is -3.28. The zero-order valence-corrected chi connectivity index (χ0v) is 8.65. The van der Waals surface area contributed by atoms with Gasteiger partial charge >= 0.3 is 12.4 Å². The lowest BCUT2D eigenvalue weighted by Crippen LogP contribution is -2.04. The highest BCUT2D eigenvalue weighted by molar-refractivity contribution is 7.90. The summed E-state index contributed by atoms with van der Waals surface area (Å²) in [4.78, 5) is 21.0. The van der Waals surface area contributed by atoms with Crippen LogP contribution in [-0.4, -0.2) is 27.1 Å². The predicted molar refractivity (Wildman–Crippen MR) is 51.0 cm³/mol. The topological polar surface area (TPSA) is 77.5 Å². The number of sulfone groups is 1. The lowest BCUT2D eigenvalue weighted by Gasteiger charge is -1.99. The van der Waals surface area contributed by atoms with Gasteiger partial charge in [0.25, 0.3) is 0 Å². The number of ether oxygens (including phenoxy) is 1. The number of esters is 1. The van der Waals surface area contributed by atoms with Gasteiger partial charge in [-0.15, -0.1) is 0 Å². The zero-order chi connectivity index (χ0) is 11.5. The molecule has 0 radical (unpaired) electrons. The van der Waals surface area contributed by atoms with E-state index in [1.165, 1.54) is 24.3 Å². The molecular formula is C9H8O5S. The van der Waals surface area contributed by atoms with E-state index in [0.29, 0.717) is 0 Å². The van der Waals surface area contributed by atoms with Crippen LogP contribution in [0.25, 0.3) is 0 Å². The van der Waals surface area contributed by atoms with Gasteiger partial charge in [0.2, 0.25) is 0 Å². The van der Waals surface area contributed by atoms with Crippen LogP contribution >= 0.6 is 0 Å². The first-order chi connectivity index (χ1) is 6.95. The average molecular weight is 228 g/mol. The van der Waals surface area contributed by atoms with Crippen molar-refractivity contribution < 1.29 is 22.7 Å². The van der Waals surface area contributed by atoms with Crippen molar-refractivity contribution in [2.24, 2.45) is 0 Å². The van der Waals surface area contributed by atoms with Crippen molar-refractivity contribution >= 4 is 22.3 Å². The number of benzene rings is 1. The molecule has 6 heteroatoms. The van der Waals surface area contributed by atoms with Gasteiger partial charge in [-0.25, -0.2) is 13.2 Å². The maximum absolute atomic E-state index is 11.1. The highest BCUT2D eigenvalue weighted by Gasteiger charge is 2.10. The molecule has 15 heavy (non-hydrogen) atoms. The maximum atomic E-state index is 11.1. The van der Waals surface area contributed by atoms with Gasteiger partial charge in [-0.05, 0) is 24.3 Å². The van der Waals surface area contributed by atoms with Crippen LogP contribution in [0, 0.1) is 0 Å². The molecule has 0 N–H and O–H groups in total. The summed E-state index contributed by atoms with van der Waals surface area (Å²) in [6, 6.07) is 5.11. The Morgan fingerprint density at radius 1 is 1.27 bits per heavy atom. The molecule has 1 aromatic rings. The average Bonchev–Trinajstić information content (AvgIpc) is 2.17. The number of rotatable bonds is 3. The Kier molecular flexibility index (Phi) is 3.21. The van der Waals surface area contributed by atoms with Crippen molar-refractivity contribution in [3.63, 3.8) is 0 Å². The van der Waals surface area contributed by atoms with E-state index in [1.807, 2.05) is 0 Å². The Balaban J connectivity index is 3.00. The molecule has 0 amide bonds. The maximum Gasteiger partial charge on any atom is 0.345 e. The van der Waals surface area contributed by atoms with Crippen LogP contribution in [0.15, 0.2) is 29.2 Å². The molecule has 1 aromatic carbocycles. The molecule has 0 unspecified atom stereocenters. The first kappa shape index (κ1) is 11.4. The quantitative estimate of drug-likeness (QED) is 0.425. The molecule has 5 nitrogen and oxygen atoms in total. The van der Waals surface area contributed by atoms with E-state index in [2.05, 4.69) is 4.74 Å². The van der Waals surface area contributed by atoms with Crippen LogP contribution in [0.3, 0.4) is 0 Å². The van der Waals surface area contributed by atoms with Crippen LogP contribution in [0.4, 0.5) is 0 Å². The molecule has 0 fully saturated rings. The molecule has 0 spiro atoms. The van der Waals surface area contributed by atoms with Crippen LogP contribution in [-0.2, 0) is 19.4 Å². The largest absolute Gasteiger partial charge is 0.392 e. The molecule has 0 atom stereocenters. The molecule has 0 aromatic heterocycles. The zero-order valence-electron chi connectivity index (χ0n) is 7.84. The van der Waals surface area contributed by atoms with E-state index in [0.717, 1.165) is 6.26 Å². The van der Waals surface area contributed by atoms with Gasteiger partial charge in [0.1, 0.15) is 0 Å². The van der Waals surface area contributed by atoms with Crippen LogP contribution in [0.2, 0.25) is 0 Å². The predicted octanol–water partition coefficient (Wildman–Crippen LogP) is 0.403. The van der Waals surface area contributed by atoms with E-state index in [4.69, 9.17) is 0 Å². The van der Waals surface area contributed by atoms with Gasteiger partial charge in [-0.2, -0.15) is 0 Å².